The molecule has 3 aromatic rings. The maximum Gasteiger partial charge on any atom is 0.407 e. The molecule has 0 fully saturated rings. The second-order valence-electron chi connectivity index (χ2n) is 9.89. The van der Waals surface area contributed by atoms with E-state index in [1.54, 1.807) is 18.5 Å². The third kappa shape index (κ3) is 6.80. The maximum atomic E-state index is 11.9. The lowest BCUT2D eigenvalue weighted by molar-refractivity contribution is 0.130. The number of nitrogen functional groups attached to an aromatic ring is 1. The highest BCUT2D eigenvalue weighted by molar-refractivity contribution is 5.75. The first kappa shape index (κ1) is 26.6. The molecule has 1 atom stereocenters. The second-order valence-corrected chi connectivity index (χ2v) is 9.89. The van der Waals surface area contributed by atoms with Crippen molar-refractivity contribution in [1.82, 2.24) is 35.2 Å². The van der Waals surface area contributed by atoms with Crippen LogP contribution in [0.25, 0.3) is 22.8 Å². The van der Waals surface area contributed by atoms with Crippen LogP contribution in [0.4, 0.5) is 16.6 Å². The van der Waals surface area contributed by atoms with Crippen LogP contribution in [-0.4, -0.2) is 62.3 Å². The van der Waals surface area contributed by atoms with Crippen molar-refractivity contribution in [3.8, 4) is 28.7 Å². The Labute approximate surface area is 210 Å². The summed E-state index contributed by atoms with van der Waals surface area (Å²) in [5, 5.41) is 5.94. The molecule has 0 saturated carbocycles. The van der Waals surface area contributed by atoms with Gasteiger partial charge in [0, 0.05) is 24.2 Å². The predicted molar refractivity (Wildman–Crippen MR) is 138 cm³/mol. The molecule has 12 heteroatoms. The van der Waals surface area contributed by atoms with E-state index in [1.165, 1.54) is 7.11 Å². The number of aromatic nitrogens is 6. The van der Waals surface area contributed by atoms with Crippen LogP contribution in [0.3, 0.4) is 0 Å². The summed E-state index contributed by atoms with van der Waals surface area (Å²) in [5.74, 6) is 1.84. The number of imidazole rings is 1. The molecule has 194 valence electrons. The molecule has 0 aliphatic heterocycles. The van der Waals surface area contributed by atoms with Crippen LogP contribution in [0.1, 0.15) is 47.4 Å². The topological polar surface area (TPSA) is 166 Å². The Morgan fingerprint density at radius 1 is 1.14 bits per heavy atom. The van der Waals surface area contributed by atoms with Crippen molar-refractivity contribution >= 4 is 17.9 Å². The number of carbonyl (C=O) groups excluding carboxylic acids is 1. The van der Waals surface area contributed by atoms with E-state index in [9.17, 15) is 4.79 Å². The van der Waals surface area contributed by atoms with Crippen LogP contribution in [0, 0.1) is 5.92 Å². The molecular formula is C24H35N9O3. The highest BCUT2D eigenvalue weighted by Crippen LogP contribution is 2.33. The van der Waals surface area contributed by atoms with Crippen molar-refractivity contribution < 1.29 is 14.3 Å². The summed E-state index contributed by atoms with van der Waals surface area (Å²) < 4.78 is 10.4. The maximum absolute atomic E-state index is 11.9. The molecule has 0 saturated heterocycles. The Balaban J connectivity index is 1.84. The molecule has 0 aliphatic rings. The van der Waals surface area contributed by atoms with Crippen LogP contribution < -0.4 is 21.1 Å². The highest BCUT2D eigenvalue weighted by Gasteiger charge is 2.24. The normalized spacial score (nSPS) is 12.3. The summed E-state index contributed by atoms with van der Waals surface area (Å²) in [6.45, 7) is 12.8. The number of nitrogens with one attached hydrogen (secondary N) is 3. The molecule has 1 unspecified atom stereocenters. The predicted octanol–water partition coefficient (Wildman–Crippen LogP) is 3.39. The van der Waals surface area contributed by atoms with Gasteiger partial charge in [0.25, 0.3) is 5.88 Å². The Morgan fingerprint density at radius 2 is 1.89 bits per heavy atom. The summed E-state index contributed by atoms with van der Waals surface area (Å²) in [5.41, 5.74) is 7.93. The molecule has 0 bridgehead atoms. The summed E-state index contributed by atoms with van der Waals surface area (Å²) in [6.07, 6.45) is 2.75. The third-order valence-electron chi connectivity index (χ3n) is 5.01. The minimum absolute atomic E-state index is 0.193. The van der Waals surface area contributed by atoms with Gasteiger partial charge in [0.1, 0.15) is 17.2 Å². The minimum Gasteiger partial charge on any atom is -0.478 e. The van der Waals surface area contributed by atoms with Crippen LogP contribution >= 0.6 is 0 Å². The number of anilines is 2. The van der Waals surface area contributed by atoms with Crippen molar-refractivity contribution in [2.45, 2.75) is 53.0 Å². The van der Waals surface area contributed by atoms with Crippen molar-refractivity contribution in [2.24, 2.45) is 5.92 Å². The number of nitrogens with two attached hydrogens (primary N) is 1. The fourth-order valence-corrected chi connectivity index (χ4v) is 3.11. The number of nitrogens with zero attached hydrogens (tertiary/aromatic N) is 5. The Bertz CT molecular complexity index is 1190. The van der Waals surface area contributed by atoms with Gasteiger partial charge in [-0.05, 0) is 18.9 Å². The summed E-state index contributed by atoms with van der Waals surface area (Å²) in [6, 6.07) is 1.58. The molecule has 0 aliphatic carbocycles. The fraction of sp³-hybridized carbons (Fsp3) is 0.500. The zero-order chi connectivity index (χ0) is 26.5. The van der Waals surface area contributed by atoms with E-state index in [-0.39, 0.29) is 29.1 Å². The average molecular weight is 498 g/mol. The van der Waals surface area contributed by atoms with Crippen LogP contribution in [0.15, 0.2) is 18.5 Å². The molecule has 1 amide bonds. The quantitative estimate of drug-likeness (QED) is 0.344. The zero-order valence-corrected chi connectivity index (χ0v) is 21.8. The lowest BCUT2D eigenvalue weighted by atomic mass is 9.96. The smallest absolute Gasteiger partial charge is 0.407 e. The first-order chi connectivity index (χ1) is 17.0. The van der Waals surface area contributed by atoms with Crippen LogP contribution in [0.5, 0.6) is 5.88 Å². The molecule has 0 spiro atoms. The average Bonchev–Trinajstić information content (AvgIpc) is 3.28. The number of hydrogen-bond donors (Lipinski definition) is 4. The number of ether oxygens (including phenoxy) is 2. The zero-order valence-electron chi connectivity index (χ0n) is 21.8. The lowest BCUT2D eigenvalue weighted by Gasteiger charge is -2.15. The third-order valence-corrected chi connectivity index (χ3v) is 5.01. The van der Waals surface area contributed by atoms with E-state index < -0.39 is 6.09 Å². The molecule has 3 aromatic heterocycles. The SMILES string of the molecule is COc1nc(-c2nc(C(C)(C)C)[nH]c2-c2ccnc(NCC(C)NC(=O)OCC(C)C)n2)cnc1N. The van der Waals surface area contributed by atoms with E-state index in [0.717, 1.165) is 5.82 Å². The number of amides is 1. The summed E-state index contributed by atoms with van der Waals surface area (Å²) >= 11 is 0. The van der Waals surface area contributed by atoms with Gasteiger partial charge in [-0.15, -0.1) is 0 Å². The van der Waals surface area contributed by atoms with Gasteiger partial charge in [-0.1, -0.05) is 34.6 Å². The Morgan fingerprint density at radius 3 is 2.56 bits per heavy atom. The van der Waals surface area contributed by atoms with Gasteiger partial charge in [-0.2, -0.15) is 0 Å². The van der Waals surface area contributed by atoms with Gasteiger partial charge < -0.3 is 30.8 Å². The molecule has 5 N–H and O–H groups in total. The second kappa shape index (κ2) is 11.2. The van der Waals surface area contributed by atoms with Gasteiger partial charge in [0.05, 0.1) is 31.3 Å². The van der Waals surface area contributed by atoms with Gasteiger partial charge in [-0.3, -0.25) is 0 Å². The number of aromatic amines is 1. The van der Waals surface area contributed by atoms with E-state index in [2.05, 4.69) is 56.3 Å². The number of H-pyrrole nitrogens is 1. The number of hydrogen-bond acceptors (Lipinski definition) is 10. The molecule has 12 nitrogen and oxygen atoms in total. The molecule has 0 aromatic carbocycles. The van der Waals surface area contributed by atoms with Crippen LogP contribution in [0.2, 0.25) is 0 Å². The van der Waals surface area contributed by atoms with E-state index >= 15 is 0 Å². The van der Waals surface area contributed by atoms with Crippen LogP contribution in [-0.2, 0) is 10.2 Å². The van der Waals surface area contributed by atoms with E-state index in [4.69, 9.17) is 20.2 Å². The molecular weight excluding hydrogens is 462 g/mol. The Hall–Kier alpha value is -3.96. The number of rotatable bonds is 9. The fourth-order valence-electron chi connectivity index (χ4n) is 3.11. The number of carbonyl (C=O) groups is 1. The van der Waals surface area contributed by atoms with E-state index in [0.29, 0.717) is 41.9 Å². The van der Waals surface area contributed by atoms with Crippen molar-refractivity contribution in [3.05, 3.63) is 24.3 Å². The molecule has 3 heterocycles. The van der Waals surface area contributed by atoms with E-state index in [1.807, 2.05) is 20.8 Å². The lowest BCUT2D eigenvalue weighted by Crippen LogP contribution is -2.38. The number of alkyl carbamates (subject to hydrolysis) is 1. The molecule has 36 heavy (non-hydrogen) atoms. The summed E-state index contributed by atoms with van der Waals surface area (Å²) in [7, 11) is 1.48. The van der Waals surface area contributed by atoms with Gasteiger partial charge in [0.2, 0.25) is 5.95 Å². The van der Waals surface area contributed by atoms with Gasteiger partial charge in [-0.25, -0.2) is 29.7 Å². The first-order valence-corrected chi connectivity index (χ1v) is 11.8. The van der Waals surface area contributed by atoms with Crippen molar-refractivity contribution in [1.29, 1.82) is 0 Å². The van der Waals surface area contributed by atoms with Gasteiger partial charge >= 0.3 is 6.09 Å². The minimum atomic E-state index is -0.454. The highest BCUT2D eigenvalue weighted by atomic mass is 16.5. The molecule has 0 radical (unpaired) electrons. The van der Waals surface area contributed by atoms with Crippen molar-refractivity contribution in [3.63, 3.8) is 0 Å². The monoisotopic (exact) mass is 497 g/mol. The standard InChI is InChI=1S/C24H35N9O3/c1-13(2)12-36-23(34)29-14(3)10-28-22-26-9-8-15(31-22)17-18(33-21(32-17)24(4,5)6)16-11-27-19(25)20(30-16)35-7/h8-9,11,13-14H,10,12H2,1-7H3,(H2,25,27)(H,29,34)(H,32,33)(H,26,28,31). The largest absolute Gasteiger partial charge is 0.478 e. The molecule has 3 rings (SSSR count). The summed E-state index contributed by atoms with van der Waals surface area (Å²) in [4.78, 5) is 37.7. The Kier molecular flexibility index (Phi) is 8.28. The number of methoxy groups -OCH3 is 1. The van der Waals surface area contributed by atoms with Gasteiger partial charge in [0.15, 0.2) is 5.82 Å². The van der Waals surface area contributed by atoms with Crippen molar-refractivity contribution in [2.75, 3.05) is 31.3 Å². The first-order valence-electron chi connectivity index (χ1n) is 11.8.